The summed E-state index contributed by atoms with van der Waals surface area (Å²) in [6, 6.07) is 4.36. The van der Waals surface area contributed by atoms with Gasteiger partial charge in [0.2, 0.25) is 15.9 Å². The van der Waals surface area contributed by atoms with Crippen LogP contribution < -0.4 is 19.5 Å². The monoisotopic (exact) mass is 407 g/mol. The molecule has 1 aromatic rings. The molecule has 1 aliphatic heterocycles. The van der Waals surface area contributed by atoms with E-state index in [0.29, 0.717) is 24.6 Å². The lowest BCUT2D eigenvalue weighted by molar-refractivity contribution is -0.130. The molecule has 0 aliphatic carbocycles. The zero-order chi connectivity index (χ0) is 18.3. The SMILES string of the molecule is COc1ccc(S(=O)(=O)NCCC(=O)N2CCCNCC2)cc1OC.Cl. The van der Waals surface area contributed by atoms with Crippen LogP contribution in [-0.4, -0.2) is 66.2 Å². The van der Waals surface area contributed by atoms with Crippen LogP contribution in [0, 0.1) is 0 Å². The van der Waals surface area contributed by atoms with Crippen LogP contribution in [-0.2, 0) is 14.8 Å². The van der Waals surface area contributed by atoms with Gasteiger partial charge in [0, 0.05) is 38.7 Å². The summed E-state index contributed by atoms with van der Waals surface area (Å²) in [5.41, 5.74) is 0. The van der Waals surface area contributed by atoms with Gasteiger partial charge < -0.3 is 19.7 Å². The number of hydrogen-bond acceptors (Lipinski definition) is 6. The molecule has 1 amide bonds. The molecular weight excluding hydrogens is 382 g/mol. The van der Waals surface area contributed by atoms with Crippen molar-refractivity contribution in [3.63, 3.8) is 0 Å². The molecule has 1 saturated heterocycles. The second kappa shape index (κ2) is 10.6. The summed E-state index contributed by atoms with van der Waals surface area (Å²) in [6.45, 7) is 3.08. The summed E-state index contributed by atoms with van der Waals surface area (Å²) in [6.07, 6.45) is 1.04. The first kappa shape index (κ1) is 22.5. The zero-order valence-corrected chi connectivity index (χ0v) is 16.6. The predicted molar refractivity (Wildman–Crippen MR) is 101 cm³/mol. The fourth-order valence-corrected chi connectivity index (χ4v) is 3.66. The normalized spacial score (nSPS) is 14.9. The van der Waals surface area contributed by atoms with Gasteiger partial charge in [-0.1, -0.05) is 0 Å². The van der Waals surface area contributed by atoms with Crippen molar-refractivity contribution in [1.82, 2.24) is 14.9 Å². The molecule has 26 heavy (non-hydrogen) atoms. The zero-order valence-electron chi connectivity index (χ0n) is 15.0. The van der Waals surface area contributed by atoms with E-state index in [1.807, 2.05) is 0 Å². The van der Waals surface area contributed by atoms with Crippen LogP contribution in [0.4, 0.5) is 0 Å². The van der Waals surface area contributed by atoms with E-state index in [1.54, 1.807) is 4.90 Å². The topological polar surface area (TPSA) is 97.0 Å². The molecule has 1 aromatic carbocycles. The number of nitrogens with one attached hydrogen (secondary N) is 2. The van der Waals surface area contributed by atoms with Crippen LogP contribution in [0.3, 0.4) is 0 Å². The van der Waals surface area contributed by atoms with Crippen molar-refractivity contribution in [2.45, 2.75) is 17.7 Å². The summed E-state index contributed by atoms with van der Waals surface area (Å²) >= 11 is 0. The maximum Gasteiger partial charge on any atom is 0.240 e. The lowest BCUT2D eigenvalue weighted by Gasteiger charge is -2.20. The number of amides is 1. The molecule has 0 aromatic heterocycles. The van der Waals surface area contributed by atoms with Crippen LogP contribution in [0.15, 0.2) is 23.1 Å². The molecule has 0 radical (unpaired) electrons. The third kappa shape index (κ3) is 6.01. The smallest absolute Gasteiger partial charge is 0.240 e. The van der Waals surface area contributed by atoms with Gasteiger partial charge in [-0.05, 0) is 25.1 Å². The highest BCUT2D eigenvalue weighted by atomic mass is 35.5. The maximum atomic E-state index is 12.4. The number of carbonyl (C=O) groups excluding carboxylic acids is 1. The van der Waals surface area contributed by atoms with Gasteiger partial charge in [0.1, 0.15) is 0 Å². The van der Waals surface area contributed by atoms with E-state index in [9.17, 15) is 13.2 Å². The lowest BCUT2D eigenvalue weighted by Crippen LogP contribution is -2.36. The van der Waals surface area contributed by atoms with E-state index in [-0.39, 0.29) is 36.2 Å². The fourth-order valence-electron chi connectivity index (χ4n) is 2.61. The molecule has 8 nitrogen and oxygen atoms in total. The van der Waals surface area contributed by atoms with Crippen LogP contribution in [0.5, 0.6) is 11.5 Å². The molecule has 0 saturated carbocycles. The molecule has 2 rings (SSSR count). The number of carbonyl (C=O) groups is 1. The first-order valence-electron chi connectivity index (χ1n) is 8.18. The van der Waals surface area contributed by atoms with E-state index >= 15 is 0 Å². The Balaban J connectivity index is 0.00000338. The number of rotatable bonds is 7. The molecule has 0 unspecified atom stereocenters. The number of halogens is 1. The van der Waals surface area contributed by atoms with Crippen molar-refractivity contribution in [1.29, 1.82) is 0 Å². The Hall–Kier alpha value is -1.55. The van der Waals surface area contributed by atoms with Gasteiger partial charge in [-0.15, -0.1) is 12.4 Å². The average molecular weight is 408 g/mol. The Morgan fingerprint density at radius 3 is 2.62 bits per heavy atom. The van der Waals surface area contributed by atoms with Crippen molar-refractivity contribution in [2.75, 3.05) is 46.9 Å². The molecule has 148 valence electrons. The maximum absolute atomic E-state index is 12.4. The van der Waals surface area contributed by atoms with Gasteiger partial charge in [0.05, 0.1) is 19.1 Å². The molecule has 1 heterocycles. The largest absolute Gasteiger partial charge is 0.493 e. The number of ether oxygens (including phenoxy) is 2. The highest BCUT2D eigenvalue weighted by Gasteiger charge is 2.19. The van der Waals surface area contributed by atoms with Crippen LogP contribution in [0.2, 0.25) is 0 Å². The van der Waals surface area contributed by atoms with E-state index in [1.165, 1.54) is 32.4 Å². The molecule has 1 fully saturated rings. The Bertz CT molecular complexity index is 691. The van der Waals surface area contributed by atoms with Crippen molar-refractivity contribution < 1.29 is 22.7 Å². The van der Waals surface area contributed by atoms with Crippen LogP contribution in [0.1, 0.15) is 12.8 Å². The van der Waals surface area contributed by atoms with Gasteiger partial charge in [-0.25, -0.2) is 13.1 Å². The molecule has 0 bridgehead atoms. The minimum atomic E-state index is -3.72. The van der Waals surface area contributed by atoms with Crippen molar-refractivity contribution in [2.24, 2.45) is 0 Å². The molecule has 0 atom stereocenters. The van der Waals surface area contributed by atoms with Crippen LogP contribution >= 0.6 is 12.4 Å². The Kier molecular flexibility index (Phi) is 9.14. The molecule has 2 N–H and O–H groups in total. The highest BCUT2D eigenvalue weighted by Crippen LogP contribution is 2.29. The fraction of sp³-hybridized carbons (Fsp3) is 0.562. The Labute approximate surface area is 160 Å². The van der Waals surface area contributed by atoms with Gasteiger partial charge in [-0.3, -0.25) is 4.79 Å². The van der Waals surface area contributed by atoms with Gasteiger partial charge >= 0.3 is 0 Å². The Morgan fingerprint density at radius 1 is 1.19 bits per heavy atom. The molecule has 0 spiro atoms. The van der Waals surface area contributed by atoms with Crippen molar-refractivity contribution in [3.8, 4) is 11.5 Å². The average Bonchev–Trinajstić information content (AvgIpc) is 2.90. The quantitative estimate of drug-likeness (QED) is 0.687. The number of sulfonamides is 1. The van der Waals surface area contributed by atoms with Gasteiger partial charge in [0.15, 0.2) is 11.5 Å². The second-order valence-corrected chi connectivity index (χ2v) is 7.42. The minimum absolute atomic E-state index is 0. The number of benzene rings is 1. The van der Waals surface area contributed by atoms with E-state index in [4.69, 9.17) is 9.47 Å². The first-order valence-corrected chi connectivity index (χ1v) is 9.66. The van der Waals surface area contributed by atoms with Crippen LogP contribution in [0.25, 0.3) is 0 Å². The van der Waals surface area contributed by atoms with E-state index in [2.05, 4.69) is 10.0 Å². The predicted octanol–water partition coefficient (Wildman–Crippen LogP) is 0.616. The highest BCUT2D eigenvalue weighted by molar-refractivity contribution is 7.89. The molecule has 10 heteroatoms. The summed E-state index contributed by atoms with van der Waals surface area (Å²) in [5, 5.41) is 3.23. The van der Waals surface area contributed by atoms with Gasteiger partial charge in [-0.2, -0.15) is 0 Å². The first-order chi connectivity index (χ1) is 12.0. The Morgan fingerprint density at radius 2 is 1.92 bits per heavy atom. The summed E-state index contributed by atoms with van der Waals surface area (Å²) in [7, 11) is -0.799. The van der Waals surface area contributed by atoms with Gasteiger partial charge in [0.25, 0.3) is 0 Å². The lowest BCUT2D eigenvalue weighted by atomic mass is 10.3. The molecular formula is C16H26ClN3O5S. The summed E-state index contributed by atoms with van der Waals surface area (Å²) in [4.78, 5) is 14.0. The number of methoxy groups -OCH3 is 2. The number of hydrogen-bond donors (Lipinski definition) is 2. The summed E-state index contributed by atoms with van der Waals surface area (Å²) < 4.78 is 37.4. The standard InChI is InChI=1S/C16H25N3O5S.ClH/c1-23-14-5-4-13(12-15(14)24-2)25(21,22)18-8-6-16(20)19-10-3-7-17-9-11-19;/h4-5,12,17-18H,3,6-11H2,1-2H3;1H. The molecule has 1 aliphatic rings. The minimum Gasteiger partial charge on any atom is -0.493 e. The van der Waals surface area contributed by atoms with Crippen molar-refractivity contribution >= 4 is 28.3 Å². The summed E-state index contributed by atoms with van der Waals surface area (Å²) in [5.74, 6) is 0.739. The third-order valence-corrected chi connectivity index (χ3v) is 5.45. The third-order valence-electron chi connectivity index (χ3n) is 3.99. The van der Waals surface area contributed by atoms with E-state index < -0.39 is 10.0 Å². The van der Waals surface area contributed by atoms with E-state index in [0.717, 1.165) is 19.5 Å². The number of nitrogens with zero attached hydrogens (tertiary/aromatic N) is 1. The van der Waals surface area contributed by atoms with Crippen molar-refractivity contribution in [3.05, 3.63) is 18.2 Å². The second-order valence-electron chi connectivity index (χ2n) is 5.65.